The van der Waals surface area contributed by atoms with Crippen LogP contribution in [0.3, 0.4) is 0 Å². The van der Waals surface area contributed by atoms with E-state index >= 15 is 0 Å². The second-order valence-corrected chi connectivity index (χ2v) is 3.68. The number of methoxy groups -OCH3 is 1. The Morgan fingerprint density at radius 1 is 1.59 bits per heavy atom. The zero-order chi connectivity index (χ0) is 12.8. The molecule has 0 aromatic carbocycles. The summed E-state index contributed by atoms with van der Waals surface area (Å²) in [6, 6.07) is 0. The van der Waals surface area contributed by atoms with Crippen molar-refractivity contribution in [3.8, 4) is 5.88 Å². The highest BCUT2D eigenvalue weighted by molar-refractivity contribution is 5.70. The maximum absolute atomic E-state index is 10.9. The fourth-order valence-corrected chi connectivity index (χ4v) is 1.44. The second kappa shape index (κ2) is 6.03. The van der Waals surface area contributed by atoms with Gasteiger partial charge in [-0.15, -0.1) is 0 Å². The van der Waals surface area contributed by atoms with Gasteiger partial charge in [-0.25, -0.2) is 9.97 Å². The molecule has 0 aliphatic rings. The third-order valence-corrected chi connectivity index (χ3v) is 2.59. The maximum atomic E-state index is 10.9. The summed E-state index contributed by atoms with van der Waals surface area (Å²) < 4.78 is 5.06. The highest BCUT2D eigenvalue weighted by atomic mass is 16.5. The average Bonchev–Trinajstić information content (AvgIpc) is 2.31. The predicted octanol–water partition coefficient (Wildman–Crippen LogP) is 1.32. The predicted molar refractivity (Wildman–Crippen MR) is 63.2 cm³/mol. The molecule has 6 heteroatoms. The first-order valence-corrected chi connectivity index (χ1v) is 5.42. The lowest BCUT2D eigenvalue weighted by Gasteiger charge is -2.13. The van der Waals surface area contributed by atoms with E-state index in [2.05, 4.69) is 15.3 Å². The number of anilines is 1. The molecule has 17 heavy (non-hydrogen) atoms. The van der Waals surface area contributed by atoms with E-state index in [0.717, 1.165) is 5.56 Å². The summed E-state index contributed by atoms with van der Waals surface area (Å²) in [4.78, 5) is 18.9. The molecule has 1 rings (SSSR count). The van der Waals surface area contributed by atoms with Crippen LogP contribution in [0.2, 0.25) is 0 Å². The van der Waals surface area contributed by atoms with E-state index in [0.29, 0.717) is 24.7 Å². The van der Waals surface area contributed by atoms with Crippen LogP contribution < -0.4 is 10.1 Å². The Kier molecular flexibility index (Phi) is 4.68. The van der Waals surface area contributed by atoms with Crippen molar-refractivity contribution in [2.24, 2.45) is 5.92 Å². The highest BCUT2D eigenvalue weighted by Gasteiger charge is 2.15. The third-order valence-electron chi connectivity index (χ3n) is 2.59. The van der Waals surface area contributed by atoms with Crippen molar-refractivity contribution in [2.75, 3.05) is 19.0 Å². The van der Waals surface area contributed by atoms with Crippen LogP contribution in [0.1, 0.15) is 18.9 Å². The first-order chi connectivity index (χ1) is 8.10. The average molecular weight is 239 g/mol. The van der Waals surface area contributed by atoms with E-state index in [1.165, 1.54) is 13.4 Å². The smallest absolute Gasteiger partial charge is 0.308 e. The van der Waals surface area contributed by atoms with Crippen LogP contribution in [0.15, 0.2) is 6.33 Å². The summed E-state index contributed by atoms with van der Waals surface area (Å²) >= 11 is 0. The van der Waals surface area contributed by atoms with Crippen molar-refractivity contribution in [2.45, 2.75) is 20.3 Å². The molecule has 1 atom stereocenters. The fourth-order valence-electron chi connectivity index (χ4n) is 1.44. The zero-order valence-electron chi connectivity index (χ0n) is 10.2. The Balaban J connectivity index is 2.72. The number of carboxylic acid groups (broad SMARTS) is 1. The molecule has 0 bridgehead atoms. The minimum Gasteiger partial charge on any atom is -0.481 e. The highest BCUT2D eigenvalue weighted by Crippen LogP contribution is 2.20. The molecule has 1 aromatic heterocycles. The topological polar surface area (TPSA) is 84.3 Å². The number of hydrogen-bond donors (Lipinski definition) is 2. The summed E-state index contributed by atoms with van der Waals surface area (Å²) in [7, 11) is 1.53. The van der Waals surface area contributed by atoms with Crippen LogP contribution >= 0.6 is 0 Å². The third kappa shape index (κ3) is 3.30. The molecular formula is C11H17N3O3. The van der Waals surface area contributed by atoms with Gasteiger partial charge in [0.05, 0.1) is 18.6 Å². The van der Waals surface area contributed by atoms with Crippen LogP contribution in [-0.4, -0.2) is 34.7 Å². The zero-order valence-corrected chi connectivity index (χ0v) is 10.2. The number of hydrogen-bond acceptors (Lipinski definition) is 5. The van der Waals surface area contributed by atoms with Crippen LogP contribution in [0.5, 0.6) is 5.88 Å². The quantitative estimate of drug-likeness (QED) is 0.778. The molecule has 2 N–H and O–H groups in total. The van der Waals surface area contributed by atoms with Gasteiger partial charge in [0.2, 0.25) is 5.88 Å². The lowest BCUT2D eigenvalue weighted by Crippen LogP contribution is -2.22. The summed E-state index contributed by atoms with van der Waals surface area (Å²) in [5, 5.41) is 11.9. The first kappa shape index (κ1) is 13.2. The van der Waals surface area contributed by atoms with Gasteiger partial charge in [-0.05, 0) is 13.3 Å². The minimum atomic E-state index is -0.807. The molecule has 0 saturated heterocycles. The van der Waals surface area contributed by atoms with Gasteiger partial charge < -0.3 is 15.2 Å². The van der Waals surface area contributed by atoms with Crippen molar-refractivity contribution in [3.05, 3.63) is 11.9 Å². The number of rotatable bonds is 6. The van der Waals surface area contributed by atoms with Gasteiger partial charge in [0, 0.05) is 6.54 Å². The van der Waals surface area contributed by atoms with Gasteiger partial charge in [-0.1, -0.05) is 6.92 Å². The minimum absolute atomic E-state index is 0.340. The number of nitrogens with one attached hydrogen (secondary N) is 1. The van der Waals surface area contributed by atoms with Crippen LogP contribution in [0, 0.1) is 12.8 Å². The molecule has 0 aliphatic heterocycles. The van der Waals surface area contributed by atoms with E-state index < -0.39 is 11.9 Å². The molecule has 6 nitrogen and oxygen atoms in total. The van der Waals surface area contributed by atoms with Gasteiger partial charge in [0.15, 0.2) is 0 Å². The molecule has 0 saturated carbocycles. The summed E-state index contributed by atoms with van der Waals surface area (Å²) in [6.45, 7) is 4.00. The molecule has 0 spiro atoms. The number of aromatic nitrogens is 2. The maximum Gasteiger partial charge on any atom is 0.308 e. The standard InChI is InChI=1S/C11H17N3O3/c1-4-8(11(15)16)5-12-9-7(2)10(17-3)14-6-13-9/h6,8H,4-5H2,1-3H3,(H,15,16)(H,12,13,14). The van der Waals surface area contributed by atoms with Gasteiger partial charge in [0.1, 0.15) is 12.1 Å². The fraction of sp³-hybridized carbons (Fsp3) is 0.545. The Morgan fingerprint density at radius 3 is 2.82 bits per heavy atom. The molecule has 1 heterocycles. The summed E-state index contributed by atoms with van der Waals surface area (Å²) in [6.07, 6.45) is 1.96. The summed E-state index contributed by atoms with van der Waals surface area (Å²) in [5.41, 5.74) is 0.773. The van der Waals surface area contributed by atoms with Crippen molar-refractivity contribution >= 4 is 11.8 Å². The van der Waals surface area contributed by atoms with Crippen molar-refractivity contribution in [1.82, 2.24) is 9.97 Å². The normalized spacial score (nSPS) is 11.9. The molecule has 0 amide bonds. The lowest BCUT2D eigenvalue weighted by atomic mass is 10.1. The largest absolute Gasteiger partial charge is 0.481 e. The van der Waals surface area contributed by atoms with Crippen LogP contribution in [-0.2, 0) is 4.79 Å². The van der Waals surface area contributed by atoms with Crippen molar-refractivity contribution < 1.29 is 14.6 Å². The number of aliphatic carboxylic acids is 1. The molecular weight excluding hydrogens is 222 g/mol. The van der Waals surface area contributed by atoms with Gasteiger partial charge in [0.25, 0.3) is 0 Å². The van der Waals surface area contributed by atoms with Crippen LogP contribution in [0.25, 0.3) is 0 Å². The molecule has 0 fully saturated rings. The van der Waals surface area contributed by atoms with Gasteiger partial charge in [-0.3, -0.25) is 4.79 Å². The van der Waals surface area contributed by atoms with E-state index in [4.69, 9.17) is 9.84 Å². The number of carboxylic acids is 1. The molecule has 94 valence electrons. The Labute approximate surface area is 100 Å². The van der Waals surface area contributed by atoms with E-state index in [1.807, 2.05) is 13.8 Å². The molecule has 1 unspecified atom stereocenters. The molecule has 0 aliphatic carbocycles. The van der Waals surface area contributed by atoms with E-state index in [1.54, 1.807) is 0 Å². The Bertz CT molecular complexity index is 396. The Morgan fingerprint density at radius 2 is 2.29 bits per heavy atom. The number of carbonyl (C=O) groups is 1. The van der Waals surface area contributed by atoms with E-state index in [9.17, 15) is 4.79 Å². The van der Waals surface area contributed by atoms with Crippen molar-refractivity contribution in [1.29, 1.82) is 0 Å². The van der Waals surface area contributed by atoms with Gasteiger partial charge >= 0.3 is 5.97 Å². The van der Waals surface area contributed by atoms with Crippen molar-refractivity contribution in [3.63, 3.8) is 0 Å². The molecule has 0 radical (unpaired) electrons. The van der Waals surface area contributed by atoms with E-state index in [-0.39, 0.29) is 0 Å². The van der Waals surface area contributed by atoms with Gasteiger partial charge in [-0.2, -0.15) is 0 Å². The monoisotopic (exact) mass is 239 g/mol. The Hall–Kier alpha value is -1.85. The second-order valence-electron chi connectivity index (χ2n) is 3.68. The number of nitrogens with zero attached hydrogens (tertiary/aromatic N) is 2. The SMILES string of the molecule is CCC(CNc1ncnc(OC)c1C)C(=O)O. The first-order valence-electron chi connectivity index (χ1n) is 5.42. The number of ether oxygens (including phenoxy) is 1. The lowest BCUT2D eigenvalue weighted by molar-refractivity contribution is -0.141. The van der Waals surface area contributed by atoms with Crippen LogP contribution in [0.4, 0.5) is 5.82 Å². The molecule has 1 aromatic rings. The summed E-state index contributed by atoms with van der Waals surface area (Å²) in [5.74, 6) is -0.128.